The van der Waals surface area contributed by atoms with Crippen molar-refractivity contribution in [2.75, 3.05) is 33.7 Å². The van der Waals surface area contributed by atoms with Crippen LogP contribution in [0.25, 0.3) is 0 Å². The van der Waals surface area contributed by atoms with Crippen LogP contribution in [0.15, 0.2) is 4.99 Å². The van der Waals surface area contributed by atoms with Crippen LogP contribution in [0.5, 0.6) is 0 Å². The van der Waals surface area contributed by atoms with Gasteiger partial charge in [0, 0.05) is 38.8 Å². The fourth-order valence-electron chi connectivity index (χ4n) is 3.44. The summed E-state index contributed by atoms with van der Waals surface area (Å²) < 4.78 is 0. The highest BCUT2D eigenvalue weighted by Crippen LogP contribution is 2.27. The lowest BCUT2D eigenvalue weighted by atomic mass is 9.97. The minimum absolute atomic E-state index is 0. The third-order valence-corrected chi connectivity index (χ3v) is 4.98. The van der Waals surface area contributed by atoms with Crippen LogP contribution in [0.3, 0.4) is 0 Å². The lowest BCUT2D eigenvalue weighted by Crippen LogP contribution is -2.46. The first-order chi connectivity index (χ1) is 10.0. The van der Waals surface area contributed by atoms with E-state index in [9.17, 15) is 0 Å². The van der Waals surface area contributed by atoms with E-state index in [4.69, 9.17) is 0 Å². The number of guanidine groups is 1. The van der Waals surface area contributed by atoms with E-state index in [2.05, 4.69) is 47.9 Å². The Labute approximate surface area is 154 Å². The molecular weight excluding hydrogens is 387 g/mol. The molecule has 4 nitrogen and oxygen atoms in total. The summed E-state index contributed by atoms with van der Waals surface area (Å²) in [5.41, 5.74) is 0. The number of hydrogen-bond donors (Lipinski definition) is 1. The van der Waals surface area contributed by atoms with Crippen molar-refractivity contribution in [2.24, 2.45) is 16.8 Å². The second kappa shape index (κ2) is 9.30. The molecule has 0 radical (unpaired) electrons. The van der Waals surface area contributed by atoms with Crippen LogP contribution in [-0.2, 0) is 0 Å². The maximum Gasteiger partial charge on any atom is 0.193 e. The molecule has 0 bridgehead atoms. The summed E-state index contributed by atoms with van der Waals surface area (Å²) in [5, 5.41) is 3.58. The lowest BCUT2D eigenvalue weighted by molar-refractivity contribution is 0.246. The van der Waals surface area contributed by atoms with Crippen LogP contribution >= 0.6 is 24.0 Å². The molecule has 2 atom stereocenters. The van der Waals surface area contributed by atoms with Crippen molar-refractivity contribution in [1.29, 1.82) is 0 Å². The average Bonchev–Trinajstić information content (AvgIpc) is 3.19. The van der Waals surface area contributed by atoms with Gasteiger partial charge in [-0.05, 0) is 51.5 Å². The molecule has 1 heterocycles. The Bertz CT molecular complexity index is 355. The van der Waals surface area contributed by atoms with Crippen molar-refractivity contribution in [1.82, 2.24) is 15.1 Å². The van der Waals surface area contributed by atoms with Crippen LogP contribution in [-0.4, -0.2) is 61.6 Å². The quantitative estimate of drug-likeness (QED) is 0.406. The minimum atomic E-state index is 0. The standard InChI is InChI=1S/C17H34N4.HI/c1-13(2)10-15-8-9-21(12-15)17(18-4)19-11-14(3)20(5)16-6-7-16;/h13-16H,6-12H2,1-5H3,(H,18,19);1H. The molecule has 0 aromatic carbocycles. The van der Waals surface area contributed by atoms with Gasteiger partial charge in [-0.3, -0.25) is 9.89 Å². The molecular formula is C17H35IN4. The average molecular weight is 422 g/mol. The molecule has 2 rings (SSSR count). The molecule has 0 spiro atoms. The summed E-state index contributed by atoms with van der Waals surface area (Å²) in [6.45, 7) is 10.3. The molecule has 5 heteroatoms. The topological polar surface area (TPSA) is 30.9 Å². The number of likely N-dealkylation sites (N-methyl/N-ethyl adjacent to an activating group) is 1. The Morgan fingerprint density at radius 3 is 2.50 bits per heavy atom. The van der Waals surface area contributed by atoms with E-state index in [1.807, 2.05) is 7.05 Å². The Morgan fingerprint density at radius 1 is 1.27 bits per heavy atom. The molecule has 0 aromatic heterocycles. The highest BCUT2D eigenvalue weighted by Gasteiger charge is 2.30. The first kappa shape index (κ1) is 20.0. The first-order valence-electron chi connectivity index (χ1n) is 8.68. The van der Waals surface area contributed by atoms with Crippen molar-refractivity contribution < 1.29 is 0 Å². The molecule has 1 aliphatic heterocycles. The number of halogens is 1. The molecule has 130 valence electrons. The molecule has 0 aromatic rings. The zero-order valence-electron chi connectivity index (χ0n) is 15.0. The largest absolute Gasteiger partial charge is 0.355 e. The summed E-state index contributed by atoms with van der Waals surface area (Å²) in [6, 6.07) is 1.40. The van der Waals surface area contributed by atoms with Crippen molar-refractivity contribution in [3.63, 3.8) is 0 Å². The van der Waals surface area contributed by atoms with Gasteiger partial charge in [0.05, 0.1) is 0 Å². The zero-order valence-corrected chi connectivity index (χ0v) is 17.3. The Hall–Kier alpha value is -0.0400. The molecule has 2 fully saturated rings. The molecule has 0 amide bonds. The monoisotopic (exact) mass is 422 g/mol. The van der Waals surface area contributed by atoms with Crippen molar-refractivity contribution in [3.8, 4) is 0 Å². The minimum Gasteiger partial charge on any atom is -0.355 e. The van der Waals surface area contributed by atoms with Gasteiger partial charge in [-0.1, -0.05) is 13.8 Å². The van der Waals surface area contributed by atoms with Gasteiger partial charge < -0.3 is 10.2 Å². The molecule has 22 heavy (non-hydrogen) atoms. The molecule has 2 aliphatic rings. The highest BCUT2D eigenvalue weighted by molar-refractivity contribution is 14.0. The number of nitrogens with one attached hydrogen (secondary N) is 1. The van der Waals surface area contributed by atoms with E-state index < -0.39 is 0 Å². The molecule has 1 N–H and O–H groups in total. The summed E-state index contributed by atoms with van der Waals surface area (Å²) in [7, 11) is 4.16. The van der Waals surface area contributed by atoms with Gasteiger partial charge >= 0.3 is 0 Å². The third-order valence-electron chi connectivity index (χ3n) is 4.98. The Morgan fingerprint density at radius 2 is 1.95 bits per heavy atom. The predicted octanol–water partition coefficient (Wildman–Crippen LogP) is 3.03. The van der Waals surface area contributed by atoms with Crippen molar-refractivity contribution in [3.05, 3.63) is 0 Å². The van der Waals surface area contributed by atoms with Gasteiger partial charge in [0.25, 0.3) is 0 Å². The van der Waals surface area contributed by atoms with E-state index in [0.717, 1.165) is 36.9 Å². The molecule has 2 unspecified atom stereocenters. The fourth-order valence-corrected chi connectivity index (χ4v) is 3.44. The predicted molar refractivity (Wildman–Crippen MR) is 106 cm³/mol. The van der Waals surface area contributed by atoms with Crippen molar-refractivity contribution in [2.45, 2.75) is 58.5 Å². The van der Waals surface area contributed by atoms with E-state index in [1.54, 1.807) is 0 Å². The van der Waals surface area contributed by atoms with Crippen LogP contribution in [0.1, 0.15) is 46.5 Å². The van der Waals surface area contributed by atoms with E-state index in [1.165, 1.54) is 32.2 Å². The summed E-state index contributed by atoms with van der Waals surface area (Å²) in [5.74, 6) is 2.74. The zero-order chi connectivity index (χ0) is 15.4. The third kappa shape index (κ3) is 5.87. The number of rotatable bonds is 6. The molecule has 1 saturated heterocycles. The maximum atomic E-state index is 4.49. The van der Waals surface area contributed by atoms with Crippen LogP contribution < -0.4 is 5.32 Å². The van der Waals surface area contributed by atoms with Crippen LogP contribution in [0.2, 0.25) is 0 Å². The van der Waals surface area contributed by atoms with Crippen LogP contribution in [0, 0.1) is 11.8 Å². The van der Waals surface area contributed by atoms with E-state index >= 15 is 0 Å². The first-order valence-corrected chi connectivity index (χ1v) is 8.68. The molecule has 1 saturated carbocycles. The second-order valence-corrected chi connectivity index (χ2v) is 7.40. The number of nitrogens with zero attached hydrogens (tertiary/aromatic N) is 3. The normalized spacial score (nSPS) is 23.9. The SMILES string of the molecule is CN=C(NCC(C)N(C)C1CC1)N1CCC(CC(C)C)C1.I. The van der Waals surface area contributed by atoms with Crippen molar-refractivity contribution >= 4 is 29.9 Å². The van der Waals surface area contributed by atoms with Gasteiger partial charge in [-0.2, -0.15) is 0 Å². The van der Waals surface area contributed by atoms with Gasteiger partial charge in [0.15, 0.2) is 5.96 Å². The van der Waals surface area contributed by atoms with Gasteiger partial charge in [0.1, 0.15) is 0 Å². The number of hydrogen-bond acceptors (Lipinski definition) is 2. The fraction of sp³-hybridized carbons (Fsp3) is 0.941. The smallest absolute Gasteiger partial charge is 0.193 e. The maximum absolute atomic E-state index is 4.49. The van der Waals surface area contributed by atoms with E-state index in [0.29, 0.717) is 6.04 Å². The second-order valence-electron chi connectivity index (χ2n) is 7.40. The highest BCUT2D eigenvalue weighted by atomic mass is 127. The Balaban J connectivity index is 0.00000242. The lowest BCUT2D eigenvalue weighted by Gasteiger charge is -2.28. The van der Waals surface area contributed by atoms with Gasteiger partial charge in [-0.15, -0.1) is 24.0 Å². The summed E-state index contributed by atoms with van der Waals surface area (Å²) >= 11 is 0. The van der Waals surface area contributed by atoms with Gasteiger partial charge in [0.2, 0.25) is 0 Å². The van der Waals surface area contributed by atoms with E-state index in [-0.39, 0.29) is 24.0 Å². The Kier molecular flexibility index (Phi) is 8.46. The number of aliphatic imine (C=N–C) groups is 1. The summed E-state index contributed by atoms with van der Waals surface area (Å²) in [6.07, 6.45) is 5.40. The van der Waals surface area contributed by atoms with Gasteiger partial charge in [-0.25, -0.2) is 0 Å². The summed E-state index contributed by atoms with van der Waals surface area (Å²) in [4.78, 5) is 9.44. The number of likely N-dealkylation sites (tertiary alicyclic amines) is 1. The molecule has 1 aliphatic carbocycles. The van der Waals surface area contributed by atoms with Crippen LogP contribution in [0.4, 0.5) is 0 Å².